The lowest BCUT2D eigenvalue weighted by Gasteiger charge is -2.13. The smallest absolute Gasteiger partial charge is 0.167 e. The van der Waals surface area contributed by atoms with Gasteiger partial charge in [0.2, 0.25) is 0 Å². The Labute approximate surface area is 66.2 Å². The number of carbonyl (C=O) groups excluding carboxylic acids is 1. The average molecular weight is 152 g/mol. The van der Waals surface area contributed by atoms with E-state index in [-0.39, 0.29) is 11.9 Å². The molecule has 0 N–H and O–H groups in total. The van der Waals surface area contributed by atoms with Gasteiger partial charge in [0.05, 0.1) is 6.10 Å². The number of hydrogen-bond acceptors (Lipinski definition) is 2. The van der Waals surface area contributed by atoms with Crippen molar-refractivity contribution in [2.24, 2.45) is 0 Å². The van der Waals surface area contributed by atoms with Crippen molar-refractivity contribution >= 4 is 5.78 Å². The first-order valence-corrected chi connectivity index (χ1v) is 4.11. The van der Waals surface area contributed by atoms with Crippen molar-refractivity contribution in [1.29, 1.82) is 0 Å². The quantitative estimate of drug-likeness (QED) is 0.442. The van der Waals surface area contributed by atoms with Crippen LogP contribution in [-0.2, 0) is 9.53 Å². The van der Waals surface area contributed by atoms with E-state index in [9.17, 15) is 4.79 Å². The predicted octanol–water partition coefficient (Wildman–Crippen LogP) is 1.45. The van der Waals surface area contributed by atoms with Crippen molar-refractivity contribution in [2.75, 3.05) is 0 Å². The zero-order valence-corrected chi connectivity index (χ0v) is 6.51. The van der Waals surface area contributed by atoms with Crippen LogP contribution in [0.4, 0.5) is 0 Å². The first-order chi connectivity index (χ1) is 5.29. The lowest BCUT2D eigenvalue weighted by atomic mass is 9.85. The second kappa shape index (κ2) is 2.18. The van der Waals surface area contributed by atoms with Gasteiger partial charge in [0.1, 0.15) is 0 Å². The maximum atomic E-state index is 11.4. The maximum Gasteiger partial charge on any atom is 0.167 e. The fourth-order valence-corrected chi connectivity index (χ4v) is 1.92. The molecule has 1 saturated carbocycles. The topological polar surface area (TPSA) is 29.6 Å². The summed E-state index contributed by atoms with van der Waals surface area (Å²) < 4.78 is 5.40. The van der Waals surface area contributed by atoms with Gasteiger partial charge in [0.25, 0.3) is 0 Å². The van der Waals surface area contributed by atoms with Crippen LogP contribution < -0.4 is 0 Å². The first-order valence-electron chi connectivity index (χ1n) is 4.11. The van der Waals surface area contributed by atoms with Crippen LogP contribution in [0.2, 0.25) is 0 Å². The van der Waals surface area contributed by atoms with Gasteiger partial charge in [-0.25, -0.2) is 0 Å². The van der Waals surface area contributed by atoms with Crippen LogP contribution in [0.15, 0.2) is 12.7 Å². The second-order valence-corrected chi connectivity index (χ2v) is 3.30. The summed E-state index contributed by atoms with van der Waals surface area (Å²) in [5.41, 5.74) is -0.403. The number of fused-ring (bicyclic) bond motifs is 1. The molecule has 2 atom stereocenters. The van der Waals surface area contributed by atoms with Crippen molar-refractivity contribution < 1.29 is 9.53 Å². The van der Waals surface area contributed by atoms with E-state index < -0.39 is 5.60 Å². The molecule has 11 heavy (non-hydrogen) atoms. The van der Waals surface area contributed by atoms with Crippen molar-refractivity contribution in [3.05, 3.63) is 12.7 Å². The lowest BCUT2D eigenvalue weighted by Crippen LogP contribution is -2.30. The highest BCUT2D eigenvalue weighted by molar-refractivity contribution is 5.91. The van der Waals surface area contributed by atoms with Crippen molar-refractivity contribution in [2.45, 2.75) is 37.4 Å². The molecule has 2 heteroatoms. The van der Waals surface area contributed by atoms with Crippen molar-refractivity contribution in [3.63, 3.8) is 0 Å². The van der Waals surface area contributed by atoms with E-state index in [1.165, 1.54) is 0 Å². The zero-order valence-electron chi connectivity index (χ0n) is 6.51. The van der Waals surface area contributed by atoms with Crippen LogP contribution in [0.3, 0.4) is 0 Å². The highest BCUT2D eigenvalue weighted by atomic mass is 16.6. The zero-order chi connectivity index (χ0) is 7.90. The Bertz CT molecular complexity index is 210. The van der Waals surface area contributed by atoms with Crippen LogP contribution in [0.25, 0.3) is 0 Å². The molecule has 0 aromatic heterocycles. The fourth-order valence-electron chi connectivity index (χ4n) is 1.92. The molecule has 60 valence electrons. The molecule has 1 aliphatic carbocycles. The average Bonchev–Trinajstić information content (AvgIpc) is 2.66. The minimum Gasteiger partial charge on any atom is -0.357 e. The van der Waals surface area contributed by atoms with Crippen LogP contribution in [0.5, 0.6) is 0 Å². The van der Waals surface area contributed by atoms with Gasteiger partial charge in [-0.15, -0.1) is 6.58 Å². The Morgan fingerprint density at radius 3 is 3.27 bits per heavy atom. The van der Waals surface area contributed by atoms with E-state index in [1.54, 1.807) is 6.08 Å². The van der Waals surface area contributed by atoms with Gasteiger partial charge in [-0.3, -0.25) is 4.79 Å². The lowest BCUT2D eigenvalue weighted by molar-refractivity contribution is -0.124. The van der Waals surface area contributed by atoms with E-state index in [4.69, 9.17) is 4.74 Å². The Morgan fingerprint density at radius 1 is 1.82 bits per heavy atom. The summed E-state index contributed by atoms with van der Waals surface area (Å²) in [7, 11) is 0. The maximum absolute atomic E-state index is 11.4. The Morgan fingerprint density at radius 2 is 2.64 bits per heavy atom. The molecule has 0 radical (unpaired) electrons. The number of ether oxygens (including phenoxy) is 1. The number of epoxide rings is 1. The molecule has 2 rings (SSSR count). The number of carbonyl (C=O) groups is 1. The third-order valence-corrected chi connectivity index (χ3v) is 2.61. The monoisotopic (exact) mass is 152 g/mol. The Balaban J connectivity index is 2.13. The largest absolute Gasteiger partial charge is 0.357 e. The molecule has 2 nitrogen and oxygen atoms in total. The Kier molecular flexibility index (Phi) is 1.39. The first kappa shape index (κ1) is 7.04. The van der Waals surface area contributed by atoms with E-state index in [0.29, 0.717) is 12.8 Å². The van der Waals surface area contributed by atoms with Gasteiger partial charge in [-0.2, -0.15) is 0 Å². The molecule has 0 aromatic carbocycles. The standard InChI is InChI=1S/C9H12O2/c1-2-6-9-7(10)4-3-5-8(9)11-9/h2,8H,1,3-6H2/t8-,9+/m1/s1. The van der Waals surface area contributed by atoms with Crippen LogP contribution in [0, 0.1) is 0 Å². The molecular weight excluding hydrogens is 140 g/mol. The summed E-state index contributed by atoms with van der Waals surface area (Å²) in [5, 5.41) is 0. The molecule has 1 saturated heterocycles. The Hall–Kier alpha value is -0.630. The van der Waals surface area contributed by atoms with Crippen molar-refractivity contribution in [3.8, 4) is 0 Å². The molecule has 0 bridgehead atoms. The van der Waals surface area contributed by atoms with Crippen LogP contribution in [-0.4, -0.2) is 17.5 Å². The van der Waals surface area contributed by atoms with E-state index in [0.717, 1.165) is 12.8 Å². The minimum absolute atomic E-state index is 0.224. The SMILES string of the molecule is C=CC[C@@]12O[C@@H]1CCCC2=O. The third-order valence-electron chi connectivity index (χ3n) is 2.61. The molecule has 0 aromatic rings. The van der Waals surface area contributed by atoms with E-state index in [1.807, 2.05) is 0 Å². The summed E-state index contributed by atoms with van der Waals surface area (Å²) in [6.07, 6.45) is 5.47. The second-order valence-electron chi connectivity index (χ2n) is 3.30. The highest BCUT2D eigenvalue weighted by Gasteiger charge is 2.61. The normalized spacial score (nSPS) is 41.5. The van der Waals surface area contributed by atoms with Crippen molar-refractivity contribution in [1.82, 2.24) is 0 Å². The van der Waals surface area contributed by atoms with Gasteiger partial charge < -0.3 is 4.74 Å². The van der Waals surface area contributed by atoms with Gasteiger partial charge >= 0.3 is 0 Å². The summed E-state index contributed by atoms with van der Waals surface area (Å²) >= 11 is 0. The third kappa shape index (κ3) is 0.857. The number of hydrogen-bond donors (Lipinski definition) is 0. The molecule has 1 aliphatic heterocycles. The van der Waals surface area contributed by atoms with Gasteiger partial charge in [-0.1, -0.05) is 6.08 Å². The molecule has 0 amide bonds. The summed E-state index contributed by atoms with van der Waals surface area (Å²) in [4.78, 5) is 11.4. The molecule has 2 fully saturated rings. The fraction of sp³-hybridized carbons (Fsp3) is 0.667. The number of rotatable bonds is 2. The summed E-state index contributed by atoms with van der Waals surface area (Å²) in [5.74, 6) is 0.286. The number of ketones is 1. The number of Topliss-reactive ketones (excluding diaryl/α,β-unsaturated/α-hetero) is 1. The van der Waals surface area contributed by atoms with Gasteiger partial charge in [0, 0.05) is 12.8 Å². The van der Waals surface area contributed by atoms with E-state index >= 15 is 0 Å². The van der Waals surface area contributed by atoms with Crippen LogP contribution >= 0.6 is 0 Å². The molecule has 1 heterocycles. The molecule has 2 aliphatic rings. The molecule has 0 unspecified atom stereocenters. The van der Waals surface area contributed by atoms with Gasteiger partial charge in [0.15, 0.2) is 11.4 Å². The predicted molar refractivity (Wildman–Crippen MR) is 41.3 cm³/mol. The molecule has 0 spiro atoms. The summed E-state index contributed by atoms with van der Waals surface area (Å²) in [6.45, 7) is 3.63. The van der Waals surface area contributed by atoms with Gasteiger partial charge in [-0.05, 0) is 12.8 Å². The summed E-state index contributed by atoms with van der Waals surface area (Å²) in [6, 6.07) is 0. The molecular formula is C9H12O2. The van der Waals surface area contributed by atoms with Crippen LogP contribution in [0.1, 0.15) is 25.7 Å². The minimum atomic E-state index is -0.403. The highest BCUT2D eigenvalue weighted by Crippen LogP contribution is 2.47. The van der Waals surface area contributed by atoms with E-state index in [2.05, 4.69) is 6.58 Å².